The molecule has 1 aromatic heterocycles. The van der Waals surface area contributed by atoms with Gasteiger partial charge < -0.3 is 4.57 Å². The summed E-state index contributed by atoms with van der Waals surface area (Å²) in [4.78, 5) is 2.22. The van der Waals surface area contributed by atoms with Gasteiger partial charge in [0.15, 0.2) is 10.6 Å². The third-order valence-corrected chi connectivity index (χ3v) is 4.52. The fourth-order valence-electron chi connectivity index (χ4n) is 2.76. The lowest BCUT2D eigenvalue weighted by atomic mass is 10.2. The van der Waals surface area contributed by atoms with E-state index in [0.29, 0.717) is 35.3 Å². The van der Waals surface area contributed by atoms with Gasteiger partial charge in [0.25, 0.3) is 0 Å². The third kappa shape index (κ3) is 5.15. The zero-order chi connectivity index (χ0) is 18.4. The summed E-state index contributed by atoms with van der Waals surface area (Å²) in [6, 6.07) is 9.84. The van der Waals surface area contributed by atoms with E-state index >= 15 is 0 Å². The molecule has 0 atom stereocenters. The number of aromatic nitrogens is 3. The molecule has 0 aliphatic rings. The summed E-state index contributed by atoms with van der Waals surface area (Å²) in [6.07, 6.45) is 0.499. The minimum atomic E-state index is 0.499. The summed E-state index contributed by atoms with van der Waals surface area (Å²) >= 11 is 11.6. The van der Waals surface area contributed by atoms with Crippen molar-refractivity contribution >= 4 is 23.8 Å². The molecule has 0 unspecified atom stereocenters. The van der Waals surface area contributed by atoms with Crippen LogP contribution in [0.3, 0.4) is 0 Å². The molecule has 134 valence electrons. The van der Waals surface area contributed by atoms with Crippen LogP contribution in [0.4, 0.5) is 0 Å². The smallest absolute Gasteiger partial charge is 0.199 e. The molecule has 0 N–H and O–H groups in total. The first-order chi connectivity index (χ1) is 12.0. The van der Waals surface area contributed by atoms with Gasteiger partial charge in [0.05, 0.1) is 12.7 Å². The Balaban J connectivity index is 2.33. The Morgan fingerprint density at radius 1 is 1.32 bits per heavy atom. The van der Waals surface area contributed by atoms with Crippen molar-refractivity contribution in [3.8, 4) is 17.5 Å². The summed E-state index contributed by atoms with van der Waals surface area (Å²) in [6.45, 7) is 9.35. The predicted octanol–water partition coefficient (Wildman–Crippen LogP) is 4.58. The number of hydrogen-bond acceptors (Lipinski definition) is 4. The van der Waals surface area contributed by atoms with E-state index in [9.17, 15) is 0 Å². The fraction of sp³-hybridized carbons (Fsp3) is 0.500. The first-order valence-corrected chi connectivity index (χ1v) is 9.27. The maximum atomic E-state index is 8.89. The fourth-order valence-corrected chi connectivity index (χ4v) is 3.20. The normalized spacial score (nSPS) is 11.2. The molecule has 25 heavy (non-hydrogen) atoms. The van der Waals surface area contributed by atoms with Crippen LogP contribution >= 0.6 is 23.8 Å². The molecule has 0 bridgehead atoms. The van der Waals surface area contributed by atoms with Gasteiger partial charge in [-0.25, -0.2) is 4.68 Å². The molecule has 0 saturated carbocycles. The highest BCUT2D eigenvalue weighted by atomic mass is 35.5. The first-order valence-electron chi connectivity index (χ1n) is 8.49. The summed E-state index contributed by atoms with van der Waals surface area (Å²) in [7, 11) is 0. The van der Waals surface area contributed by atoms with Gasteiger partial charge in [-0.2, -0.15) is 10.4 Å². The molecule has 0 fully saturated rings. The van der Waals surface area contributed by atoms with Gasteiger partial charge in [-0.3, -0.25) is 4.90 Å². The molecule has 7 heteroatoms. The third-order valence-electron chi connectivity index (χ3n) is 3.84. The molecule has 2 aromatic rings. The quantitative estimate of drug-likeness (QED) is 0.631. The van der Waals surface area contributed by atoms with E-state index in [2.05, 4.69) is 31.7 Å². The van der Waals surface area contributed by atoms with Crippen LogP contribution in [0.25, 0.3) is 11.4 Å². The SMILES string of the molecule is CCn1c(-c2ccc(Cl)cc2)nn(CN(CCC#N)CC(C)C)c1=S. The summed E-state index contributed by atoms with van der Waals surface area (Å²) in [5.41, 5.74) is 0.989. The van der Waals surface area contributed by atoms with Crippen LogP contribution in [0.2, 0.25) is 5.02 Å². The highest BCUT2D eigenvalue weighted by Crippen LogP contribution is 2.21. The second-order valence-electron chi connectivity index (χ2n) is 6.38. The maximum Gasteiger partial charge on any atom is 0.199 e. The van der Waals surface area contributed by atoms with Crippen molar-refractivity contribution in [3.63, 3.8) is 0 Å². The Bertz CT molecular complexity index is 785. The maximum absolute atomic E-state index is 8.89. The van der Waals surface area contributed by atoms with Gasteiger partial charge in [-0.1, -0.05) is 25.4 Å². The molecule has 0 spiro atoms. The summed E-state index contributed by atoms with van der Waals surface area (Å²) < 4.78 is 4.57. The molecular weight excluding hydrogens is 354 g/mol. The van der Waals surface area contributed by atoms with E-state index < -0.39 is 0 Å². The molecular formula is C18H24ClN5S. The van der Waals surface area contributed by atoms with Crippen LogP contribution in [-0.2, 0) is 13.2 Å². The van der Waals surface area contributed by atoms with E-state index in [1.54, 1.807) is 0 Å². The van der Waals surface area contributed by atoms with Gasteiger partial charge >= 0.3 is 0 Å². The highest BCUT2D eigenvalue weighted by Gasteiger charge is 2.15. The van der Waals surface area contributed by atoms with Gasteiger partial charge in [0, 0.05) is 36.6 Å². The van der Waals surface area contributed by atoms with E-state index in [1.165, 1.54) is 0 Å². The number of benzene rings is 1. The van der Waals surface area contributed by atoms with Crippen LogP contribution in [0.5, 0.6) is 0 Å². The largest absolute Gasteiger partial charge is 0.300 e. The van der Waals surface area contributed by atoms with Crippen molar-refractivity contribution in [1.82, 2.24) is 19.2 Å². The Hall–Kier alpha value is -1.68. The Morgan fingerprint density at radius 2 is 2.00 bits per heavy atom. The average Bonchev–Trinajstić information content (AvgIpc) is 2.88. The van der Waals surface area contributed by atoms with Crippen molar-refractivity contribution in [2.45, 2.75) is 40.4 Å². The molecule has 0 radical (unpaired) electrons. The topological polar surface area (TPSA) is 49.8 Å². The Kier molecular flexibility index (Phi) is 7.18. The predicted molar refractivity (Wildman–Crippen MR) is 104 cm³/mol. The van der Waals surface area contributed by atoms with E-state index in [0.717, 1.165) is 24.5 Å². The summed E-state index contributed by atoms with van der Waals surface area (Å²) in [5, 5.41) is 14.3. The zero-order valence-electron chi connectivity index (χ0n) is 14.9. The van der Waals surface area contributed by atoms with Gasteiger partial charge in [-0.15, -0.1) is 0 Å². The first kappa shape index (κ1) is 19.6. The van der Waals surface area contributed by atoms with Crippen LogP contribution in [-0.4, -0.2) is 32.3 Å². The lowest BCUT2D eigenvalue weighted by Gasteiger charge is -2.22. The van der Waals surface area contributed by atoms with Gasteiger partial charge in [0.1, 0.15) is 0 Å². The molecule has 5 nitrogen and oxygen atoms in total. The molecule has 0 saturated heterocycles. The summed E-state index contributed by atoms with van der Waals surface area (Å²) in [5.74, 6) is 1.35. The monoisotopic (exact) mass is 377 g/mol. The standard InChI is InChI=1S/C18H24ClN5S/c1-4-23-17(15-6-8-16(19)9-7-15)21-24(18(23)25)13-22(11-5-10-20)12-14(2)3/h6-9,14H,4-5,11-13H2,1-3H3. The van der Waals surface area contributed by atoms with E-state index in [-0.39, 0.29) is 0 Å². The molecule has 1 aromatic carbocycles. The van der Waals surface area contributed by atoms with Crippen molar-refractivity contribution in [2.75, 3.05) is 13.1 Å². The van der Waals surface area contributed by atoms with E-state index in [4.69, 9.17) is 34.2 Å². The van der Waals surface area contributed by atoms with Crippen molar-refractivity contribution in [1.29, 1.82) is 5.26 Å². The van der Waals surface area contributed by atoms with E-state index in [1.807, 2.05) is 33.5 Å². The second kappa shape index (κ2) is 9.14. The van der Waals surface area contributed by atoms with Gasteiger partial charge in [-0.05, 0) is 49.3 Å². The molecule has 0 amide bonds. The van der Waals surface area contributed by atoms with Crippen molar-refractivity contribution in [3.05, 3.63) is 34.1 Å². The lowest BCUT2D eigenvalue weighted by molar-refractivity contribution is 0.187. The average molecular weight is 378 g/mol. The number of nitrogens with zero attached hydrogens (tertiary/aromatic N) is 5. The number of halogens is 1. The number of nitriles is 1. The second-order valence-corrected chi connectivity index (χ2v) is 7.18. The van der Waals surface area contributed by atoms with Crippen LogP contribution < -0.4 is 0 Å². The minimum absolute atomic E-state index is 0.499. The molecule has 0 aliphatic heterocycles. The van der Waals surface area contributed by atoms with Crippen LogP contribution in [0.15, 0.2) is 24.3 Å². The van der Waals surface area contributed by atoms with Gasteiger partial charge in [0.2, 0.25) is 0 Å². The lowest BCUT2D eigenvalue weighted by Crippen LogP contribution is -2.31. The van der Waals surface area contributed by atoms with Crippen molar-refractivity contribution < 1.29 is 0 Å². The molecule has 0 aliphatic carbocycles. The van der Waals surface area contributed by atoms with Crippen molar-refractivity contribution in [2.24, 2.45) is 5.92 Å². The Morgan fingerprint density at radius 3 is 2.56 bits per heavy atom. The van der Waals surface area contributed by atoms with Crippen LogP contribution in [0.1, 0.15) is 27.2 Å². The molecule has 1 heterocycles. The number of rotatable bonds is 8. The zero-order valence-corrected chi connectivity index (χ0v) is 16.5. The minimum Gasteiger partial charge on any atom is -0.300 e. The Labute approximate surface area is 159 Å². The highest BCUT2D eigenvalue weighted by molar-refractivity contribution is 7.71. The number of hydrogen-bond donors (Lipinski definition) is 0. The van der Waals surface area contributed by atoms with Crippen LogP contribution in [0, 0.1) is 22.0 Å². The molecule has 2 rings (SSSR count).